The van der Waals surface area contributed by atoms with Gasteiger partial charge in [0.05, 0.1) is 19.8 Å². The number of carbonyl (C=O) groups excluding carboxylic acids is 2. The summed E-state index contributed by atoms with van der Waals surface area (Å²) in [5.41, 5.74) is 1.43. The molecule has 0 spiro atoms. The summed E-state index contributed by atoms with van der Waals surface area (Å²) in [4.78, 5) is 31.6. The molecule has 3 aliphatic heterocycles. The third kappa shape index (κ3) is 5.17. The molecule has 0 aromatic carbocycles. The highest BCUT2D eigenvalue weighted by atomic mass is 16.5. The molecular weight excluding hydrogens is 370 g/mol. The minimum Gasteiger partial charge on any atom is -0.378 e. The monoisotopic (exact) mass is 403 g/mol. The fraction of sp³-hybridized carbons (Fsp3) is 0.762. The lowest BCUT2D eigenvalue weighted by molar-refractivity contribution is -0.133. The van der Waals surface area contributed by atoms with Gasteiger partial charge in [0.1, 0.15) is 5.69 Å². The second-order valence-corrected chi connectivity index (χ2v) is 8.48. The van der Waals surface area contributed by atoms with Gasteiger partial charge in [0.15, 0.2) is 0 Å². The number of nitrogens with zero attached hydrogens (tertiary/aromatic N) is 4. The number of hydrogen-bond donors (Lipinski definition) is 1. The number of likely N-dealkylation sites (tertiary alicyclic amines) is 2. The number of nitrogens with one attached hydrogen (secondary N) is 1. The first kappa shape index (κ1) is 20.3. The molecule has 0 aliphatic carbocycles. The Morgan fingerprint density at radius 2 is 1.76 bits per heavy atom. The third-order valence-corrected chi connectivity index (χ3v) is 6.39. The molecule has 0 unspecified atom stereocenters. The van der Waals surface area contributed by atoms with Gasteiger partial charge in [0, 0.05) is 37.8 Å². The molecule has 1 atom stereocenters. The largest absolute Gasteiger partial charge is 0.378 e. The zero-order chi connectivity index (χ0) is 20.1. The number of H-pyrrole nitrogens is 1. The zero-order valence-electron chi connectivity index (χ0n) is 17.3. The zero-order valence-corrected chi connectivity index (χ0v) is 17.3. The Balaban J connectivity index is 1.34. The van der Waals surface area contributed by atoms with Gasteiger partial charge in [0.2, 0.25) is 5.91 Å². The van der Waals surface area contributed by atoms with Gasteiger partial charge in [0.25, 0.3) is 5.91 Å². The predicted molar refractivity (Wildman–Crippen MR) is 109 cm³/mol. The van der Waals surface area contributed by atoms with E-state index in [1.165, 1.54) is 25.7 Å². The highest BCUT2D eigenvalue weighted by Crippen LogP contribution is 2.26. The molecular formula is C21H33N5O3. The Kier molecular flexibility index (Phi) is 6.82. The number of aromatic amines is 1. The molecule has 1 N–H and O–H groups in total. The van der Waals surface area contributed by atoms with Crippen molar-refractivity contribution in [1.82, 2.24) is 24.9 Å². The van der Waals surface area contributed by atoms with Crippen LogP contribution in [0.2, 0.25) is 0 Å². The number of amides is 2. The number of ether oxygens (including phenoxy) is 1. The van der Waals surface area contributed by atoms with Crippen molar-refractivity contribution in [3.63, 3.8) is 0 Å². The maximum Gasteiger partial charge on any atom is 0.274 e. The Hall–Kier alpha value is -1.93. The number of piperidine rings is 1. The van der Waals surface area contributed by atoms with Crippen LogP contribution in [0, 0.1) is 0 Å². The first-order chi connectivity index (χ1) is 14.2. The summed E-state index contributed by atoms with van der Waals surface area (Å²) in [6.07, 6.45) is 6.96. The van der Waals surface area contributed by atoms with Gasteiger partial charge < -0.3 is 14.5 Å². The highest BCUT2D eigenvalue weighted by Gasteiger charge is 2.28. The van der Waals surface area contributed by atoms with E-state index in [4.69, 9.17) is 4.74 Å². The van der Waals surface area contributed by atoms with Crippen LogP contribution in [0.4, 0.5) is 0 Å². The van der Waals surface area contributed by atoms with Crippen LogP contribution in [0.5, 0.6) is 0 Å². The Morgan fingerprint density at radius 1 is 1.00 bits per heavy atom. The average Bonchev–Trinajstić information content (AvgIpc) is 3.12. The van der Waals surface area contributed by atoms with Crippen LogP contribution >= 0.6 is 0 Å². The quantitative estimate of drug-likeness (QED) is 0.823. The molecule has 4 heterocycles. The first-order valence-electron chi connectivity index (χ1n) is 11.1. The summed E-state index contributed by atoms with van der Waals surface area (Å²) >= 11 is 0. The lowest BCUT2D eigenvalue weighted by Crippen LogP contribution is -2.45. The van der Waals surface area contributed by atoms with E-state index in [9.17, 15) is 9.59 Å². The molecule has 3 saturated heterocycles. The van der Waals surface area contributed by atoms with Crippen molar-refractivity contribution in [3.8, 4) is 0 Å². The van der Waals surface area contributed by atoms with Crippen LogP contribution < -0.4 is 0 Å². The van der Waals surface area contributed by atoms with E-state index in [0.29, 0.717) is 45.1 Å². The number of carbonyl (C=O) groups is 2. The molecule has 1 aromatic heterocycles. The van der Waals surface area contributed by atoms with Crippen molar-refractivity contribution in [2.24, 2.45) is 0 Å². The number of hydrogen-bond acceptors (Lipinski definition) is 5. The lowest BCUT2D eigenvalue weighted by atomic mass is 9.94. The molecule has 3 fully saturated rings. The average molecular weight is 404 g/mol. The Bertz CT molecular complexity index is 692. The van der Waals surface area contributed by atoms with Gasteiger partial charge in [-0.2, -0.15) is 5.10 Å². The van der Waals surface area contributed by atoms with Crippen molar-refractivity contribution in [3.05, 3.63) is 17.5 Å². The van der Waals surface area contributed by atoms with Crippen molar-refractivity contribution in [2.75, 3.05) is 59.0 Å². The minimum atomic E-state index is -0.0410. The fourth-order valence-corrected chi connectivity index (χ4v) is 4.63. The SMILES string of the molecule is O=C(CN1CCCCCC1)N1CCC[C@H](c2cc(C(=O)N3CCOCC3)n[nH]2)C1. The molecule has 2 amide bonds. The van der Waals surface area contributed by atoms with E-state index >= 15 is 0 Å². The maximum absolute atomic E-state index is 12.9. The van der Waals surface area contributed by atoms with E-state index in [1.807, 2.05) is 11.0 Å². The van der Waals surface area contributed by atoms with Gasteiger partial charge in [-0.3, -0.25) is 19.6 Å². The van der Waals surface area contributed by atoms with Crippen LogP contribution in [-0.2, 0) is 9.53 Å². The van der Waals surface area contributed by atoms with Crippen molar-refractivity contribution < 1.29 is 14.3 Å². The van der Waals surface area contributed by atoms with Crippen LogP contribution in [-0.4, -0.2) is 95.7 Å². The maximum atomic E-state index is 12.9. The minimum absolute atomic E-state index is 0.0410. The van der Waals surface area contributed by atoms with Gasteiger partial charge in [-0.05, 0) is 44.8 Å². The normalized spacial score (nSPS) is 24.3. The molecule has 8 nitrogen and oxygen atoms in total. The van der Waals surface area contributed by atoms with Crippen LogP contribution in [0.15, 0.2) is 6.07 Å². The molecule has 0 saturated carbocycles. The summed E-state index contributed by atoms with van der Waals surface area (Å²) in [5, 5.41) is 7.34. The summed E-state index contributed by atoms with van der Waals surface area (Å²) in [6.45, 7) is 6.55. The van der Waals surface area contributed by atoms with Gasteiger partial charge in [-0.25, -0.2) is 0 Å². The second-order valence-electron chi connectivity index (χ2n) is 8.48. The predicted octanol–water partition coefficient (Wildman–Crippen LogP) is 1.46. The molecule has 0 bridgehead atoms. The van der Waals surface area contributed by atoms with Crippen LogP contribution in [0.25, 0.3) is 0 Å². The summed E-state index contributed by atoms with van der Waals surface area (Å²) in [6, 6.07) is 1.88. The molecule has 0 radical (unpaired) electrons. The molecule has 3 aliphatic rings. The lowest BCUT2D eigenvalue weighted by Gasteiger charge is -2.33. The molecule has 8 heteroatoms. The topological polar surface area (TPSA) is 81.8 Å². The Labute approximate surface area is 172 Å². The summed E-state index contributed by atoms with van der Waals surface area (Å²) in [7, 11) is 0. The van der Waals surface area contributed by atoms with E-state index in [2.05, 4.69) is 15.1 Å². The van der Waals surface area contributed by atoms with E-state index in [1.54, 1.807) is 4.90 Å². The summed E-state index contributed by atoms with van der Waals surface area (Å²) in [5.74, 6) is 0.414. The van der Waals surface area contributed by atoms with Crippen molar-refractivity contribution in [1.29, 1.82) is 0 Å². The van der Waals surface area contributed by atoms with Gasteiger partial charge in [-0.1, -0.05) is 12.8 Å². The molecule has 160 valence electrons. The third-order valence-electron chi connectivity index (χ3n) is 6.39. The van der Waals surface area contributed by atoms with Crippen molar-refractivity contribution in [2.45, 2.75) is 44.4 Å². The van der Waals surface area contributed by atoms with E-state index in [-0.39, 0.29) is 17.7 Å². The summed E-state index contributed by atoms with van der Waals surface area (Å²) < 4.78 is 5.32. The van der Waals surface area contributed by atoms with E-state index < -0.39 is 0 Å². The highest BCUT2D eigenvalue weighted by molar-refractivity contribution is 5.92. The number of morpholine rings is 1. The second kappa shape index (κ2) is 9.71. The number of rotatable bonds is 4. The van der Waals surface area contributed by atoms with Crippen LogP contribution in [0.3, 0.4) is 0 Å². The van der Waals surface area contributed by atoms with Gasteiger partial charge >= 0.3 is 0 Å². The fourth-order valence-electron chi connectivity index (χ4n) is 4.63. The first-order valence-corrected chi connectivity index (χ1v) is 11.1. The smallest absolute Gasteiger partial charge is 0.274 e. The van der Waals surface area contributed by atoms with Crippen molar-refractivity contribution >= 4 is 11.8 Å². The Morgan fingerprint density at radius 3 is 2.52 bits per heavy atom. The van der Waals surface area contributed by atoms with Crippen LogP contribution in [0.1, 0.15) is 60.6 Å². The molecule has 4 rings (SSSR count). The molecule has 29 heavy (non-hydrogen) atoms. The van der Waals surface area contributed by atoms with Gasteiger partial charge in [-0.15, -0.1) is 0 Å². The number of aromatic nitrogens is 2. The van der Waals surface area contributed by atoms with E-state index in [0.717, 1.165) is 38.2 Å². The molecule has 1 aromatic rings. The standard InChI is InChI=1S/C21H33N5O3/c27-20(16-24-7-3-1-2-4-8-24)26-9-5-6-17(15-26)18-14-19(23-22-18)21(28)25-10-12-29-13-11-25/h14,17H,1-13,15-16H2,(H,22,23)/t17-/m0/s1.